The molecule has 0 aliphatic carbocycles. The highest BCUT2D eigenvalue weighted by Crippen LogP contribution is 2.33. The number of hydrogen-bond acceptors (Lipinski definition) is 3. The van der Waals surface area contributed by atoms with Crippen LogP contribution in [0.3, 0.4) is 0 Å². The van der Waals surface area contributed by atoms with E-state index in [1.807, 2.05) is 0 Å². The predicted octanol–water partition coefficient (Wildman–Crippen LogP) is -1.44. The summed E-state index contributed by atoms with van der Waals surface area (Å²) in [4.78, 5) is 43.9. The first-order chi connectivity index (χ1) is 6.10. The molecule has 84 valence electrons. The standard InChI is InChI=1S/C3H10N2O7P2/c6-3(4-1-13(7,8)9)5-2-14(10,11)12/h1-2H2,(H2,4,5,6)(H2,7,8,9)(H2,10,11,12). The smallest absolute Gasteiger partial charge is 0.326 e. The van der Waals surface area contributed by atoms with Crippen LogP contribution in [-0.4, -0.2) is 38.2 Å². The number of amides is 2. The normalized spacial score (nSPS) is 12.3. The molecule has 0 rings (SSSR count). The van der Waals surface area contributed by atoms with Crippen molar-refractivity contribution in [2.75, 3.05) is 12.6 Å². The molecular formula is C3H10N2O7P2. The molecule has 0 aromatic heterocycles. The van der Waals surface area contributed by atoms with E-state index in [2.05, 4.69) is 0 Å². The molecule has 0 fully saturated rings. The van der Waals surface area contributed by atoms with E-state index in [1.165, 1.54) is 0 Å². The van der Waals surface area contributed by atoms with E-state index < -0.39 is 33.8 Å². The zero-order chi connectivity index (χ0) is 11.4. The largest absolute Gasteiger partial charge is 0.344 e. The Hall–Kier alpha value is -0.430. The molecule has 0 radical (unpaired) electrons. The summed E-state index contributed by atoms with van der Waals surface area (Å²) in [5.41, 5.74) is 0. The molecule has 0 aliphatic rings. The number of rotatable bonds is 4. The van der Waals surface area contributed by atoms with Gasteiger partial charge in [-0.15, -0.1) is 0 Å². The Kier molecular flexibility index (Phi) is 4.73. The second-order valence-electron chi connectivity index (χ2n) is 2.33. The maximum atomic E-state index is 10.6. The number of carbonyl (C=O) groups is 1. The molecule has 0 saturated heterocycles. The van der Waals surface area contributed by atoms with Crippen molar-refractivity contribution in [3.8, 4) is 0 Å². The van der Waals surface area contributed by atoms with Gasteiger partial charge in [-0.05, 0) is 0 Å². The van der Waals surface area contributed by atoms with Crippen LogP contribution in [0.5, 0.6) is 0 Å². The quantitative estimate of drug-likeness (QED) is 0.332. The molecule has 0 heterocycles. The molecule has 0 aromatic rings. The Morgan fingerprint density at radius 3 is 1.43 bits per heavy atom. The number of carbonyl (C=O) groups excluding carboxylic acids is 1. The minimum Gasteiger partial charge on any atom is -0.326 e. The molecule has 9 nitrogen and oxygen atoms in total. The molecule has 6 N–H and O–H groups in total. The third-order valence-corrected chi connectivity index (χ3v) is 2.03. The summed E-state index contributed by atoms with van der Waals surface area (Å²) in [7, 11) is -8.70. The predicted molar refractivity (Wildman–Crippen MR) is 45.5 cm³/mol. The number of urea groups is 1. The fourth-order valence-corrected chi connectivity index (χ4v) is 1.11. The molecule has 0 spiro atoms. The van der Waals surface area contributed by atoms with Gasteiger partial charge in [0.05, 0.1) is 0 Å². The fraction of sp³-hybridized carbons (Fsp3) is 0.667. The summed E-state index contributed by atoms with van der Waals surface area (Å²) in [5, 5.41) is 3.48. The van der Waals surface area contributed by atoms with Gasteiger partial charge in [-0.3, -0.25) is 9.13 Å². The minimum atomic E-state index is -4.35. The van der Waals surface area contributed by atoms with Crippen LogP contribution >= 0.6 is 15.2 Å². The van der Waals surface area contributed by atoms with E-state index in [1.54, 1.807) is 10.6 Å². The first kappa shape index (κ1) is 13.6. The molecule has 0 bridgehead atoms. The molecule has 0 aromatic carbocycles. The second-order valence-corrected chi connectivity index (χ2v) is 5.62. The highest BCUT2D eigenvalue weighted by Gasteiger charge is 2.17. The van der Waals surface area contributed by atoms with Gasteiger partial charge >= 0.3 is 21.2 Å². The molecular weight excluding hydrogens is 238 g/mol. The Labute approximate surface area is 78.8 Å². The van der Waals surface area contributed by atoms with Crippen LogP contribution in [0.2, 0.25) is 0 Å². The van der Waals surface area contributed by atoms with Crippen LogP contribution in [0, 0.1) is 0 Å². The lowest BCUT2D eigenvalue weighted by atomic mass is 10.9. The SMILES string of the molecule is O=C(NCP(=O)(O)O)NCP(=O)(O)O. The first-order valence-electron chi connectivity index (χ1n) is 3.21. The van der Waals surface area contributed by atoms with Crippen LogP contribution in [-0.2, 0) is 9.13 Å². The van der Waals surface area contributed by atoms with Crippen molar-refractivity contribution in [3.63, 3.8) is 0 Å². The summed E-state index contributed by atoms with van der Waals surface area (Å²) in [6.07, 6.45) is -1.78. The molecule has 0 aliphatic heterocycles. The topological polar surface area (TPSA) is 156 Å². The van der Waals surface area contributed by atoms with Gasteiger partial charge in [0.25, 0.3) is 0 Å². The van der Waals surface area contributed by atoms with E-state index in [9.17, 15) is 13.9 Å². The van der Waals surface area contributed by atoms with Crippen LogP contribution in [0.15, 0.2) is 0 Å². The number of nitrogens with one attached hydrogen (secondary N) is 2. The molecule has 0 unspecified atom stereocenters. The lowest BCUT2D eigenvalue weighted by Crippen LogP contribution is -2.36. The summed E-state index contributed by atoms with van der Waals surface area (Å²) in [6.45, 7) is 0. The van der Waals surface area contributed by atoms with Crippen molar-refractivity contribution < 1.29 is 33.5 Å². The van der Waals surface area contributed by atoms with Crippen LogP contribution in [0.25, 0.3) is 0 Å². The van der Waals surface area contributed by atoms with Crippen LogP contribution < -0.4 is 10.6 Å². The zero-order valence-electron chi connectivity index (χ0n) is 6.82. The molecule has 2 amide bonds. The van der Waals surface area contributed by atoms with Crippen molar-refractivity contribution >= 4 is 21.2 Å². The fourth-order valence-electron chi connectivity index (χ4n) is 0.412. The summed E-state index contributed by atoms with van der Waals surface area (Å²) in [5.74, 6) is 0. The van der Waals surface area contributed by atoms with Gasteiger partial charge in [0.2, 0.25) is 0 Å². The van der Waals surface area contributed by atoms with Crippen molar-refractivity contribution in [1.82, 2.24) is 10.6 Å². The summed E-state index contributed by atoms with van der Waals surface area (Å²) >= 11 is 0. The van der Waals surface area contributed by atoms with Gasteiger partial charge in [0, 0.05) is 0 Å². The lowest BCUT2D eigenvalue weighted by Gasteiger charge is -2.08. The highest BCUT2D eigenvalue weighted by molar-refractivity contribution is 7.52. The van der Waals surface area contributed by atoms with Gasteiger partial charge in [0.15, 0.2) is 0 Å². The number of hydrogen-bond donors (Lipinski definition) is 6. The van der Waals surface area contributed by atoms with Gasteiger partial charge in [-0.1, -0.05) is 0 Å². The minimum absolute atomic E-state index is 0.889. The molecule has 14 heavy (non-hydrogen) atoms. The van der Waals surface area contributed by atoms with Crippen molar-refractivity contribution in [2.24, 2.45) is 0 Å². The van der Waals surface area contributed by atoms with Crippen molar-refractivity contribution in [3.05, 3.63) is 0 Å². The average molecular weight is 248 g/mol. The monoisotopic (exact) mass is 248 g/mol. The van der Waals surface area contributed by atoms with E-state index in [-0.39, 0.29) is 0 Å². The Balaban J connectivity index is 3.79. The van der Waals surface area contributed by atoms with Gasteiger partial charge in [0.1, 0.15) is 12.6 Å². The lowest BCUT2D eigenvalue weighted by molar-refractivity contribution is 0.241. The second kappa shape index (κ2) is 4.88. The van der Waals surface area contributed by atoms with Gasteiger partial charge < -0.3 is 30.2 Å². The van der Waals surface area contributed by atoms with Gasteiger partial charge in [-0.2, -0.15) is 0 Å². The third-order valence-electron chi connectivity index (χ3n) is 0.891. The van der Waals surface area contributed by atoms with E-state index in [4.69, 9.17) is 19.6 Å². The molecule has 0 saturated carbocycles. The average Bonchev–Trinajstić information content (AvgIpc) is 1.94. The zero-order valence-corrected chi connectivity index (χ0v) is 8.61. The van der Waals surface area contributed by atoms with Gasteiger partial charge in [-0.25, -0.2) is 4.79 Å². The Morgan fingerprint density at radius 1 is 0.929 bits per heavy atom. The van der Waals surface area contributed by atoms with Crippen LogP contribution in [0.1, 0.15) is 0 Å². The van der Waals surface area contributed by atoms with E-state index >= 15 is 0 Å². The summed E-state index contributed by atoms with van der Waals surface area (Å²) in [6, 6.07) is -1.06. The highest BCUT2D eigenvalue weighted by atomic mass is 31.2. The third kappa shape index (κ3) is 9.66. The summed E-state index contributed by atoms with van der Waals surface area (Å²) < 4.78 is 20.5. The molecule has 11 heteroatoms. The van der Waals surface area contributed by atoms with Crippen molar-refractivity contribution in [2.45, 2.75) is 0 Å². The molecule has 0 atom stereocenters. The first-order valence-corrected chi connectivity index (χ1v) is 6.80. The Bertz CT molecular complexity index is 263. The maximum absolute atomic E-state index is 10.6. The van der Waals surface area contributed by atoms with Crippen molar-refractivity contribution in [1.29, 1.82) is 0 Å². The van der Waals surface area contributed by atoms with E-state index in [0.717, 1.165) is 0 Å². The maximum Gasteiger partial charge on any atom is 0.344 e. The van der Waals surface area contributed by atoms with E-state index in [0.29, 0.717) is 0 Å². The van der Waals surface area contributed by atoms with Crippen LogP contribution in [0.4, 0.5) is 4.79 Å². The Morgan fingerprint density at radius 2 is 1.21 bits per heavy atom.